The Labute approximate surface area is 142 Å². The van der Waals surface area contributed by atoms with E-state index in [0.717, 1.165) is 5.56 Å². The Bertz CT molecular complexity index is 714. The van der Waals surface area contributed by atoms with Gasteiger partial charge in [-0.05, 0) is 24.6 Å². The predicted molar refractivity (Wildman–Crippen MR) is 91.7 cm³/mol. The second-order valence-corrected chi connectivity index (χ2v) is 6.25. The van der Waals surface area contributed by atoms with Crippen LogP contribution in [-0.2, 0) is 4.79 Å². The largest absolute Gasteiger partial charge is 0.416 e. The monoisotopic (exact) mass is 323 g/mol. The minimum atomic E-state index is -0.415. The summed E-state index contributed by atoms with van der Waals surface area (Å²) in [6.45, 7) is 3.78. The molecule has 3 rings (SSSR count). The number of carbonyl (C=O) groups excluding carboxylic acids is 2. The van der Waals surface area contributed by atoms with Crippen LogP contribution in [0.5, 0.6) is 5.75 Å². The van der Waals surface area contributed by atoms with Crippen molar-refractivity contribution < 1.29 is 14.3 Å². The number of rotatable bonds is 2. The lowest BCUT2D eigenvalue weighted by molar-refractivity contribution is -0.129. The molecule has 1 aliphatic rings. The molecule has 0 radical (unpaired) electrons. The highest BCUT2D eigenvalue weighted by molar-refractivity contribution is 5.85. The van der Waals surface area contributed by atoms with Crippen molar-refractivity contribution in [1.29, 1.82) is 0 Å². The first-order valence-electron chi connectivity index (χ1n) is 8.21. The van der Waals surface area contributed by atoms with Crippen LogP contribution < -0.4 is 4.74 Å². The highest BCUT2D eigenvalue weighted by Crippen LogP contribution is 2.37. The number of hydrogen-bond donors (Lipinski definition) is 0. The number of nitrogens with zero attached hydrogens (tertiary/aromatic N) is 1. The highest BCUT2D eigenvalue weighted by Gasteiger charge is 2.42. The number of ether oxygens (including phenoxy) is 1. The molecule has 1 fully saturated rings. The highest BCUT2D eigenvalue weighted by atomic mass is 16.6. The maximum absolute atomic E-state index is 12.8. The van der Waals surface area contributed by atoms with E-state index in [1.807, 2.05) is 62.4 Å². The third-order valence-electron chi connectivity index (χ3n) is 4.55. The number of likely N-dealkylation sites (tertiary alicyclic amines) is 1. The van der Waals surface area contributed by atoms with Crippen LogP contribution in [0.3, 0.4) is 0 Å². The summed E-state index contributed by atoms with van der Waals surface area (Å²) in [5.74, 6) is 0.429. The molecule has 2 aromatic rings. The fourth-order valence-electron chi connectivity index (χ4n) is 3.30. The number of piperidine rings is 1. The van der Waals surface area contributed by atoms with Crippen LogP contribution in [0, 0.1) is 5.92 Å². The minimum absolute atomic E-state index is 0.181. The third kappa shape index (κ3) is 3.18. The van der Waals surface area contributed by atoms with E-state index in [1.54, 1.807) is 17.0 Å². The van der Waals surface area contributed by atoms with Gasteiger partial charge < -0.3 is 4.74 Å². The molecule has 1 aliphatic heterocycles. The molecule has 3 atom stereocenters. The first-order valence-corrected chi connectivity index (χ1v) is 8.21. The molecule has 0 unspecified atom stereocenters. The third-order valence-corrected chi connectivity index (χ3v) is 4.55. The lowest BCUT2D eigenvalue weighted by Crippen LogP contribution is -2.51. The van der Waals surface area contributed by atoms with Gasteiger partial charge in [0.2, 0.25) is 0 Å². The van der Waals surface area contributed by atoms with Crippen molar-refractivity contribution in [2.75, 3.05) is 0 Å². The standard InChI is InChI=1S/C20H21NO3/c1-14-13-18(22)15(2)19(16-9-5-3-6-10-16)21(14)20(23)24-17-11-7-4-8-12-17/h3-12,14-15,19H,13H2,1-2H3/t14-,15-,19-/m0/s1. The van der Waals surface area contributed by atoms with Crippen molar-refractivity contribution >= 4 is 11.9 Å². The van der Waals surface area contributed by atoms with Crippen molar-refractivity contribution in [2.24, 2.45) is 5.92 Å². The summed E-state index contributed by atoms with van der Waals surface area (Å²) in [6.07, 6.45) is -0.0594. The van der Waals surface area contributed by atoms with Crippen molar-refractivity contribution in [3.8, 4) is 5.75 Å². The summed E-state index contributed by atoms with van der Waals surface area (Å²) >= 11 is 0. The van der Waals surface area contributed by atoms with Gasteiger partial charge in [0.15, 0.2) is 0 Å². The number of para-hydroxylation sites is 1. The zero-order chi connectivity index (χ0) is 17.1. The number of hydrogen-bond acceptors (Lipinski definition) is 3. The Hall–Kier alpha value is -2.62. The summed E-state index contributed by atoms with van der Waals surface area (Å²) in [5.41, 5.74) is 0.954. The molecule has 1 heterocycles. The molecule has 24 heavy (non-hydrogen) atoms. The van der Waals surface area contributed by atoms with Crippen molar-refractivity contribution in [3.63, 3.8) is 0 Å². The van der Waals surface area contributed by atoms with Crippen LogP contribution in [0.1, 0.15) is 31.9 Å². The van der Waals surface area contributed by atoms with Crippen LogP contribution in [0.4, 0.5) is 4.79 Å². The maximum Gasteiger partial charge on any atom is 0.416 e. The van der Waals surface area contributed by atoms with Gasteiger partial charge >= 0.3 is 6.09 Å². The van der Waals surface area contributed by atoms with E-state index in [0.29, 0.717) is 12.2 Å². The van der Waals surface area contributed by atoms with E-state index in [-0.39, 0.29) is 23.8 Å². The summed E-state index contributed by atoms with van der Waals surface area (Å²) in [6, 6.07) is 18.2. The fraction of sp³-hybridized carbons (Fsp3) is 0.300. The Balaban J connectivity index is 1.92. The van der Waals surface area contributed by atoms with Gasteiger partial charge in [-0.15, -0.1) is 0 Å². The molecule has 1 amide bonds. The van der Waals surface area contributed by atoms with Crippen molar-refractivity contribution in [2.45, 2.75) is 32.4 Å². The summed E-state index contributed by atoms with van der Waals surface area (Å²) in [5, 5.41) is 0. The van der Waals surface area contributed by atoms with E-state index in [4.69, 9.17) is 4.74 Å². The Morgan fingerprint density at radius 3 is 2.21 bits per heavy atom. The lowest BCUT2D eigenvalue weighted by Gasteiger charge is -2.42. The van der Waals surface area contributed by atoms with Crippen molar-refractivity contribution in [3.05, 3.63) is 66.2 Å². The summed E-state index contributed by atoms with van der Waals surface area (Å²) < 4.78 is 5.54. The maximum atomic E-state index is 12.8. The quantitative estimate of drug-likeness (QED) is 0.831. The average Bonchev–Trinajstić information content (AvgIpc) is 2.59. The van der Waals surface area contributed by atoms with Gasteiger partial charge in [-0.2, -0.15) is 0 Å². The Morgan fingerprint density at radius 1 is 1.00 bits per heavy atom. The van der Waals surface area contributed by atoms with Gasteiger partial charge in [-0.1, -0.05) is 55.5 Å². The molecular weight excluding hydrogens is 302 g/mol. The van der Waals surface area contributed by atoms with Crippen LogP contribution in [0.25, 0.3) is 0 Å². The van der Waals surface area contributed by atoms with Crippen LogP contribution in [-0.4, -0.2) is 22.8 Å². The van der Waals surface area contributed by atoms with E-state index < -0.39 is 6.09 Å². The molecule has 0 aromatic heterocycles. The molecule has 4 heteroatoms. The van der Waals surface area contributed by atoms with Gasteiger partial charge in [0.25, 0.3) is 0 Å². The zero-order valence-corrected chi connectivity index (χ0v) is 13.9. The zero-order valence-electron chi connectivity index (χ0n) is 13.9. The van der Waals surface area contributed by atoms with E-state index in [9.17, 15) is 9.59 Å². The molecule has 124 valence electrons. The average molecular weight is 323 g/mol. The summed E-state index contributed by atoms with van der Waals surface area (Å²) in [4.78, 5) is 26.8. The fourth-order valence-corrected chi connectivity index (χ4v) is 3.30. The first kappa shape index (κ1) is 16.2. The number of benzene rings is 2. The molecule has 2 aromatic carbocycles. The molecule has 0 saturated carbocycles. The molecular formula is C20H21NO3. The number of Topliss-reactive ketones (excluding diaryl/α,β-unsaturated/α-hetero) is 1. The molecule has 1 saturated heterocycles. The second-order valence-electron chi connectivity index (χ2n) is 6.25. The SMILES string of the molecule is C[C@H]1C(=O)C[C@H](C)N(C(=O)Oc2ccccc2)[C@@H]1c1ccccc1. The van der Waals surface area contributed by atoms with Gasteiger partial charge in [-0.3, -0.25) is 9.69 Å². The number of ketones is 1. The van der Waals surface area contributed by atoms with Crippen LogP contribution in [0.15, 0.2) is 60.7 Å². The second kappa shape index (κ2) is 6.87. The minimum Gasteiger partial charge on any atom is -0.410 e. The van der Waals surface area contributed by atoms with Gasteiger partial charge in [0.05, 0.1) is 6.04 Å². The van der Waals surface area contributed by atoms with Crippen molar-refractivity contribution in [1.82, 2.24) is 4.90 Å². The lowest BCUT2D eigenvalue weighted by atomic mass is 9.82. The van der Waals surface area contributed by atoms with Gasteiger partial charge in [-0.25, -0.2) is 4.79 Å². The smallest absolute Gasteiger partial charge is 0.410 e. The summed E-state index contributed by atoms with van der Waals surface area (Å²) in [7, 11) is 0. The Kier molecular flexibility index (Phi) is 4.65. The van der Waals surface area contributed by atoms with E-state index in [2.05, 4.69) is 0 Å². The van der Waals surface area contributed by atoms with E-state index >= 15 is 0 Å². The molecule has 0 spiro atoms. The van der Waals surface area contributed by atoms with Crippen LogP contribution in [0.2, 0.25) is 0 Å². The topological polar surface area (TPSA) is 46.6 Å². The van der Waals surface area contributed by atoms with E-state index in [1.165, 1.54) is 0 Å². The normalized spacial score (nSPS) is 23.8. The molecule has 4 nitrogen and oxygen atoms in total. The molecule has 0 N–H and O–H groups in total. The number of amides is 1. The van der Waals surface area contributed by atoms with Gasteiger partial charge in [0.1, 0.15) is 11.5 Å². The van der Waals surface area contributed by atoms with Crippen LogP contribution >= 0.6 is 0 Å². The molecule has 0 aliphatic carbocycles. The first-order chi connectivity index (χ1) is 11.6. The predicted octanol–water partition coefficient (Wildman–Crippen LogP) is 4.23. The van der Waals surface area contributed by atoms with Gasteiger partial charge in [0, 0.05) is 18.4 Å². The molecule has 0 bridgehead atoms. The Morgan fingerprint density at radius 2 is 1.58 bits per heavy atom. The number of carbonyl (C=O) groups is 2.